The molecule has 1 heterocycles. The van der Waals surface area contributed by atoms with Crippen LogP contribution < -0.4 is 20.9 Å². The van der Waals surface area contributed by atoms with Crippen molar-refractivity contribution >= 4 is 23.4 Å². The van der Waals surface area contributed by atoms with Gasteiger partial charge in [-0.3, -0.25) is 14.9 Å². The third-order valence-electron chi connectivity index (χ3n) is 4.79. The summed E-state index contributed by atoms with van der Waals surface area (Å²) in [6, 6.07) is 15.7. The number of carbonyl (C=O) groups excluding carboxylic acids is 2. The van der Waals surface area contributed by atoms with E-state index in [1.165, 1.54) is 23.8 Å². The predicted molar refractivity (Wildman–Crippen MR) is 132 cm³/mol. The smallest absolute Gasteiger partial charge is 0.412 e. The number of anilines is 2. The molecule has 0 fully saturated rings. The van der Waals surface area contributed by atoms with E-state index in [4.69, 9.17) is 9.47 Å². The van der Waals surface area contributed by atoms with Gasteiger partial charge in [-0.2, -0.15) is 0 Å². The van der Waals surface area contributed by atoms with Crippen LogP contribution in [0, 0.1) is 6.92 Å². The van der Waals surface area contributed by atoms with E-state index < -0.39 is 23.2 Å². The number of nitrogens with one attached hydrogen (secondary N) is 2. The summed E-state index contributed by atoms with van der Waals surface area (Å²) in [6.07, 6.45) is 0.994. The first-order chi connectivity index (χ1) is 16.1. The molecule has 0 atom stereocenters. The Morgan fingerprint density at radius 2 is 1.76 bits per heavy atom. The van der Waals surface area contributed by atoms with E-state index in [9.17, 15) is 14.4 Å². The number of hydrogen-bond donors (Lipinski definition) is 2. The van der Waals surface area contributed by atoms with Crippen LogP contribution in [0.5, 0.6) is 5.75 Å². The molecule has 3 aromatic rings. The van der Waals surface area contributed by atoms with Gasteiger partial charge < -0.3 is 19.4 Å². The zero-order valence-electron chi connectivity index (χ0n) is 20.0. The number of nitrogens with zero attached hydrogens (tertiary/aromatic N) is 1. The van der Waals surface area contributed by atoms with Gasteiger partial charge in [0.25, 0.3) is 11.5 Å². The Balaban J connectivity index is 1.80. The van der Waals surface area contributed by atoms with Gasteiger partial charge in [0.15, 0.2) is 0 Å². The Kier molecular flexibility index (Phi) is 7.40. The normalized spacial score (nSPS) is 11.0. The highest BCUT2D eigenvalue weighted by Crippen LogP contribution is 2.28. The van der Waals surface area contributed by atoms with Crippen molar-refractivity contribution in [3.8, 4) is 5.75 Å². The predicted octanol–water partition coefficient (Wildman–Crippen LogP) is 4.81. The number of carbonyl (C=O) groups is 2. The Morgan fingerprint density at radius 3 is 2.44 bits per heavy atom. The molecular weight excluding hydrogens is 434 g/mol. The standard InChI is InChI=1S/C26H29N3O5/c1-17-8-6-9-18(14-17)16-29-13-7-10-20(24(29)31)23(30)27-19-11-12-22(33-5)21(15-19)28-25(32)34-26(2,3)4/h6-15H,16H2,1-5H3,(H,27,30)(H,28,32). The lowest BCUT2D eigenvalue weighted by Gasteiger charge is -2.20. The largest absolute Gasteiger partial charge is 0.495 e. The molecule has 1 aromatic heterocycles. The molecule has 0 aliphatic heterocycles. The highest BCUT2D eigenvalue weighted by molar-refractivity contribution is 6.04. The van der Waals surface area contributed by atoms with Crippen molar-refractivity contribution in [1.29, 1.82) is 0 Å². The van der Waals surface area contributed by atoms with Crippen molar-refractivity contribution < 1.29 is 19.1 Å². The zero-order valence-corrected chi connectivity index (χ0v) is 20.0. The van der Waals surface area contributed by atoms with Gasteiger partial charge in [-0.05, 0) is 63.6 Å². The van der Waals surface area contributed by atoms with Gasteiger partial charge in [0, 0.05) is 11.9 Å². The first-order valence-electron chi connectivity index (χ1n) is 10.8. The first kappa shape index (κ1) is 24.6. The maximum absolute atomic E-state index is 12.9. The molecule has 34 heavy (non-hydrogen) atoms. The molecule has 2 aromatic carbocycles. The zero-order chi connectivity index (χ0) is 24.9. The SMILES string of the molecule is COc1ccc(NC(=O)c2cccn(Cc3cccc(C)c3)c2=O)cc1NC(=O)OC(C)(C)C. The molecule has 0 saturated heterocycles. The minimum atomic E-state index is -0.672. The van der Waals surface area contributed by atoms with Gasteiger partial charge in [-0.25, -0.2) is 4.79 Å². The highest BCUT2D eigenvalue weighted by Gasteiger charge is 2.19. The number of hydrogen-bond acceptors (Lipinski definition) is 5. The summed E-state index contributed by atoms with van der Waals surface area (Å²) in [5.74, 6) is -0.166. The molecular formula is C26H29N3O5. The van der Waals surface area contributed by atoms with Gasteiger partial charge >= 0.3 is 6.09 Å². The fraction of sp³-hybridized carbons (Fsp3) is 0.269. The summed E-state index contributed by atoms with van der Waals surface area (Å²) < 4.78 is 12.1. The van der Waals surface area contributed by atoms with E-state index in [0.717, 1.165) is 11.1 Å². The average molecular weight is 464 g/mol. The molecule has 2 N–H and O–H groups in total. The number of aryl methyl sites for hydroxylation is 1. The summed E-state index contributed by atoms with van der Waals surface area (Å²) in [4.78, 5) is 38.0. The van der Waals surface area contributed by atoms with E-state index in [1.54, 1.807) is 45.2 Å². The number of benzene rings is 2. The van der Waals surface area contributed by atoms with Crippen molar-refractivity contribution in [2.24, 2.45) is 0 Å². The van der Waals surface area contributed by atoms with Crippen molar-refractivity contribution in [3.63, 3.8) is 0 Å². The van der Waals surface area contributed by atoms with Crippen LogP contribution in [0.4, 0.5) is 16.2 Å². The molecule has 0 unspecified atom stereocenters. The minimum absolute atomic E-state index is 0.00706. The summed E-state index contributed by atoms with van der Waals surface area (Å²) in [5, 5.41) is 5.33. The monoisotopic (exact) mass is 463 g/mol. The van der Waals surface area contributed by atoms with Gasteiger partial charge in [0.05, 0.1) is 19.3 Å². The number of ether oxygens (including phenoxy) is 2. The van der Waals surface area contributed by atoms with Crippen LogP contribution in [0.2, 0.25) is 0 Å². The molecule has 0 radical (unpaired) electrons. The molecule has 0 bridgehead atoms. The quantitative estimate of drug-likeness (QED) is 0.546. The van der Waals surface area contributed by atoms with Crippen LogP contribution in [0.1, 0.15) is 42.3 Å². The van der Waals surface area contributed by atoms with Crippen LogP contribution in [0.15, 0.2) is 65.6 Å². The molecule has 0 aliphatic carbocycles. The molecule has 0 saturated carbocycles. The van der Waals surface area contributed by atoms with Crippen LogP contribution in [-0.2, 0) is 11.3 Å². The molecule has 3 rings (SSSR count). The lowest BCUT2D eigenvalue weighted by atomic mass is 10.1. The highest BCUT2D eigenvalue weighted by atomic mass is 16.6. The average Bonchev–Trinajstić information content (AvgIpc) is 2.74. The maximum atomic E-state index is 12.9. The summed E-state index contributed by atoms with van der Waals surface area (Å²) in [5.41, 5.74) is 1.69. The second kappa shape index (κ2) is 10.2. The van der Waals surface area contributed by atoms with Crippen LogP contribution in [0.25, 0.3) is 0 Å². The number of methoxy groups -OCH3 is 1. The molecule has 0 aliphatic rings. The topological polar surface area (TPSA) is 98.7 Å². The minimum Gasteiger partial charge on any atom is -0.495 e. The molecule has 0 spiro atoms. The van der Waals surface area contributed by atoms with E-state index in [1.807, 2.05) is 31.2 Å². The second-order valence-electron chi connectivity index (χ2n) is 8.84. The van der Waals surface area contributed by atoms with Crippen LogP contribution in [0.3, 0.4) is 0 Å². The summed E-state index contributed by atoms with van der Waals surface area (Å²) in [7, 11) is 1.47. The van der Waals surface area contributed by atoms with Crippen molar-refractivity contribution in [2.45, 2.75) is 39.8 Å². The third-order valence-corrected chi connectivity index (χ3v) is 4.79. The van der Waals surface area contributed by atoms with Crippen molar-refractivity contribution in [1.82, 2.24) is 4.57 Å². The van der Waals surface area contributed by atoms with E-state index in [-0.39, 0.29) is 5.56 Å². The fourth-order valence-electron chi connectivity index (χ4n) is 3.34. The van der Waals surface area contributed by atoms with Gasteiger partial charge in [-0.15, -0.1) is 0 Å². The van der Waals surface area contributed by atoms with Crippen molar-refractivity contribution in [3.05, 3.63) is 87.8 Å². The number of pyridine rings is 1. The Hall–Kier alpha value is -4.07. The van der Waals surface area contributed by atoms with Gasteiger partial charge in [-0.1, -0.05) is 29.8 Å². The number of rotatable bonds is 6. The van der Waals surface area contributed by atoms with Crippen LogP contribution in [-0.4, -0.2) is 29.3 Å². The van der Waals surface area contributed by atoms with E-state index in [0.29, 0.717) is 23.7 Å². The van der Waals surface area contributed by atoms with Crippen LogP contribution >= 0.6 is 0 Å². The van der Waals surface area contributed by atoms with Crippen molar-refractivity contribution in [2.75, 3.05) is 17.7 Å². The summed E-state index contributed by atoms with van der Waals surface area (Å²) in [6.45, 7) is 7.61. The maximum Gasteiger partial charge on any atom is 0.412 e. The Labute approximate surface area is 198 Å². The molecule has 2 amide bonds. The lowest BCUT2D eigenvalue weighted by molar-refractivity contribution is 0.0635. The van der Waals surface area contributed by atoms with Gasteiger partial charge in [0.1, 0.15) is 16.9 Å². The van der Waals surface area contributed by atoms with E-state index in [2.05, 4.69) is 10.6 Å². The van der Waals surface area contributed by atoms with Gasteiger partial charge in [0.2, 0.25) is 0 Å². The fourth-order valence-corrected chi connectivity index (χ4v) is 3.34. The lowest BCUT2D eigenvalue weighted by Crippen LogP contribution is -2.29. The Bertz CT molecular complexity index is 1260. The first-order valence-corrected chi connectivity index (χ1v) is 10.8. The Morgan fingerprint density at radius 1 is 1.00 bits per heavy atom. The molecule has 8 nitrogen and oxygen atoms in total. The second-order valence-corrected chi connectivity index (χ2v) is 8.84. The number of amides is 2. The number of aromatic nitrogens is 1. The molecule has 8 heteroatoms. The third kappa shape index (κ3) is 6.48. The van der Waals surface area contributed by atoms with E-state index >= 15 is 0 Å². The summed E-state index contributed by atoms with van der Waals surface area (Å²) >= 11 is 0. The molecule has 178 valence electrons.